The third-order valence-electron chi connectivity index (χ3n) is 7.83. The minimum Gasteiger partial charge on any atom is -0.493 e. The van der Waals surface area contributed by atoms with E-state index in [9.17, 15) is 0 Å². The molecule has 0 amide bonds. The van der Waals surface area contributed by atoms with Crippen LogP contribution in [0, 0.1) is 0 Å². The van der Waals surface area contributed by atoms with Gasteiger partial charge in [-0.2, -0.15) is 0 Å². The lowest BCUT2D eigenvalue weighted by Gasteiger charge is -2.16. The van der Waals surface area contributed by atoms with E-state index in [0.29, 0.717) is 0 Å². The van der Waals surface area contributed by atoms with Gasteiger partial charge >= 0.3 is 0 Å². The third kappa shape index (κ3) is 3.55. The summed E-state index contributed by atoms with van der Waals surface area (Å²) in [6, 6.07) is 31.1. The SMILES string of the molecule is c1cc2c3ccc4ccc5ccc6ccc7c(cccc7c6c5c4c3c1)OCCCCCCCCO2. The van der Waals surface area contributed by atoms with Gasteiger partial charge in [0.1, 0.15) is 11.5 Å². The number of hydrogen-bond donors (Lipinski definition) is 0. The molecule has 8 bridgehead atoms. The van der Waals surface area contributed by atoms with Gasteiger partial charge < -0.3 is 9.47 Å². The Morgan fingerprint density at radius 1 is 0.361 bits per heavy atom. The molecule has 0 atom stereocenters. The van der Waals surface area contributed by atoms with Gasteiger partial charge in [-0.1, -0.05) is 98.5 Å². The Balaban J connectivity index is 1.60. The maximum absolute atomic E-state index is 6.35. The van der Waals surface area contributed by atoms with Crippen molar-refractivity contribution < 1.29 is 9.47 Å². The molecule has 6 aromatic carbocycles. The van der Waals surface area contributed by atoms with Crippen LogP contribution >= 0.6 is 0 Å². The van der Waals surface area contributed by atoms with Crippen molar-refractivity contribution in [2.75, 3.05) is 13.2 Å². The zero-order valence-corrected chi connectivity index (χ0v) is 20.6. The highest BCUT2D eigenvalue weighted by molar-refractivity contribution is 6.32. The van der Waals surface area contributed by atoms with Crippen LogP contribution in [0.4, 0.5) is 0 Å². The van der Waals surface area contributed by atoms with Crippen molar-refractivity contribution in [1.82, 2.24) is 0 Å². The Morgan fingerprint density at radius 3 is 1.28 bits per heavy atom. The van der Waals surface area contributed by atoms with Crippen LogP contribution in [0.5, 0.6) is 11.5 Å². The van der Waals surface area contributed by atoms with E-state index in [-0.39, 0.29) is 0 Å². The van der Waals surface area contributed by atoms with Crippen LogP contribution in [0.1, 0.15) is 38.5 Å². The first kappa shape index (κ1) is 21.5. The van der Waals surface area contributed by atoms with Crippen LogP contribution in [-0.4, -0.2) is 13.2 Å². The van der Waals surface area contributed by atoms with E-state index in [1.165, 1.54) is 79.5 Å². The maximum atomic E-state index is 6.35. The second-order valence-electron chi connectivity index (χ2n) is 10.1. The van der Waals surface area contributed by atoms with Gasteiger partial charge in [-0.3, -0.25) is 0 Å². The lowest BCUT2D eigenvalue weighted by atomic mass is 9.90. The highest BCUT2D eigenvalue weighted by Crippen LogP contribution is 2.42. The highest BCUT2D eigenvalue weighted by Gasteiger charge is 2.14. The molecule has 0 unspecified atom stereocenters. The number of ether oxygens (including phenoxy) is 2. The van der Waals surface area contributed by atoms with E-state index in [1.807, 2.05) is 0 Å². The Hall–Kier alpha value is -3.78. The van der Waals surface area contributed by atoms with Crippen molar-refractivity contribution in [3.05, 3.63) is 84.9 Å². The number of hydrogen-bond acceptors (Lipinski definition) is 2. The Bertz CT molecular complexity index is 1620. The lowest BCUT2D eigenvalue weighted by Crippen LogP contribution is -1.99. The van der Waals surface area contributed by atoms with Gasteiger partial charge in [0.2, 0.25) is 0 Å². The predicted molar refractivity (Wildman–Crippen MR) is 153 cm³/mol. The first-order valence-electron chi connectivity index (χ1n) is 13.4. The molecule has 0 N–H and O–H groups in total. The normalized spacial score (nSPS) is 15.3. The van der Waals surface area contributed by atoms with Gasteiger partial charge in [0.15, 0.2) is 0 Å². The minimum atomic E-state index is 0.769. The van der Waals surface area contributed by atoms with Gasteiger partial charge in [0.25, 0.3) is 0 Å². The molecule has 6 aromatic rings. The predicted octanol–water partition coefficient (Wildman–Crippen LogP) is 9.56. The first-order valence-corrected chi connectivity index (χ1v) is 13.4. The number of benzene rings is 6. The Morgan fingerprint density at radius 2 is 0.778 bits per heavy atom. The molecule has 0 saturated heterocycles. The molecular weight excluding hydrogens is 440 g/mol. The van der Waals surface area contributed by atoms with Crippen LogP contribution in [0.15, 0.2) is 84.9 Å². The summed E-state index contributed by atoms with van der Waals surface area (Å²) >= 11 is 0. The summed E-state index contributed by atoms with van der Waals surface area (Å²) in [6.45, 7) is 1.54. The van der Waals surface area contributed by atoms with Crippen LogP contribution in [0.2, 0.25) is 0 Å². The lowest BCUT2D eigenvalue weighted by molar-refractivity contribution is 0.300. The Labute approximate surface area is 211 Å². The molecule has 0 aliphatic carbocycles. The van der Waals surface area contributed by atoms with Gasteiger partial charge in [0.05, 0.1) is 13.2 Å². The fourth-order valence-corrected chi connectivity index (χ4v) is 6.05. The molecule has 1 heterocycles. The van der Waals surface area contributed by atoms with Gasteiger partial charge in [-0.15, -0.1) is 0 Å². The largest absolute Gasteiger partial charge is 0.493 e. The zero-order valence-electron chi connectivity index (χ0n) is 20.6. The quantitative estimate of drug-likeness (QED) is 0.206. The fraction of sp³-hybridized carbons (Fsp3) is 0.235. The van der Waals surface area contributed by atoms with Gasteiger partial charge in [0, 0.05) is 10.8 Å². The summed E-state index contributed by atoms with van der Waals surface area (Å²) < 4.78 is 12.7. The van der Waals surface area contributed by atoms with Crippen LogP contribution in [-0.2, 0) is 0 Å². The molecule has 0 fully saturated rings. The monoisotopic (exact) mass is 470 g/mol. The average Bonchev–Trinajstić information content (AvgIpc) is 2.92. The summed E-state index contributed by atoms with van der Waals surface area (Å²) in [5.74, 6) is 1.98. The van der Waals surface area contributed by atoms with Crippen molar-refractivity contribution in [3.63, 3.8) is 0 Å². The summed E-state index contributed by atoms with van der Waals surface area (Å²) in [6.07, 6.45) is 7.12. The van der Waals surface area contributed by atoms with Crippen LogP contribution in [0.3, 0.4) is 0 Å². The molecule has 0 spiro atoms. The van der Waals surface area contributed by atoms with Crippen molar-refractivity contribution >= 4 is 53.9 Å². The second-order valence-corrected chi connectivity index (χ2v) is 10.1. The molecule has 1 aliphatic rings. The van der Waals surface area contributed by atoms with Crippen LogP contribution < -0.4 is 9.47 Å². The van der Waals surface area contributed by atoms with Crippen LogP contribution in [0.25, 0.3) is 53.9 Å². The summed E-state index contributed by atoms with van der Waals surface area (Å²) in [5.41, 5.74) is 0. The molecule has 178 valence electrons. The summed E-state index contributed by atoms with van der Waals surface area (Å²) in [5, 5.41) is 12.6. The fourth-order valence-electron chi connectivity index (χ4n) is 6.05. The average molecular weight is 471 g/mol. The Kier molecular flexibility index (Phi) is 5.39. The summed E-state index contributed by atoms with van der Waals surface area (Å²) in [7, 11) is 0. The molecule has 7 rings (SSSR count). The van der Waals surface area contributed by atoms with E-state index in [0.717, 1.165) is 37.6 Å². The first-order chi connectivity index (χ1) is 17.9. The molecule has 0 aromatic heterocycles. The van der Waals surface area contributed by atoms with Crippen molar-refractivity contribution in [2.24, 2.45) is 0 Å². The molecule has 2 heteroatoms. The van der Waals surface area contributed by atoms with Gasteiger partial charge in [-0.05, 0) is 68.1 Å². The molecule has 2 nitrogen and oxygen atoms in total. The molecule has 0 radical (unpaired) electrons. The van der Waals surface area contributed by atoms with E-state index in [2.05, 4.69) is 84.9 Å². The molecule has 36 heavy (non-hydrogen) atoms. The second kappa shape index (κ2) is 9.02. The van der Waals surface area contributed by atoms with E-state index < -0.39 is 0 Å². The molecule has 0 saturated carbocycles. The van der Waals surface area contributed by atoms with E-state index in [1.54, 1.807) is 0 Å². The number of rotatable bonds is 0. The third-order valence-corrected chi connectivity index (χ3v) is 7.83. The van der Waals surface area contributed by atoms with Crippen molar-refractivity contribution in [3.8, 4) is 11.5 Å². The van der Waals surface area contributed by atoms with Crippen molar-refractivity contribution in [2.45, 2.75) is 38.5 Å². The zero-order chi connectivity index (χ0) is 23.9. The topological polar surface area (TPSA) is 18.5 Å². The van der Waals surface area contributed by atoms with Gasteiger partial charge in [-0.25, -0.2) is 0 Å². The molecule has 1 aliphatic heterocycles. The summed E-state index contributed by atoms with van der Waals surface area (Å²) in [4.78, 5) is 0. The standard InChI is InChI=1S/C34H30O2/c1-2-4-6-22-36-31-12-8-10-29-27(31)20-18-24-14-16-25-15-13-23-17-19-26-28(32(23)34(25)33(24)29)9-7-11-30(26)35-21-5-3-1/h7-20H,1-6,21-22H2. The minimum absolute atomic E-state index is 0.769. The van der Waals surface area contributed by atoms with E-state index in [4.69, 9.17) is 9.47 Å². The van der Waals surface area contributed by atoms with Crippen molar-refractivity contribution in [1.29, 1.82) is 0 Å². The van der Waals surface area contributed by atoms with E-state index >= 15 is 0 Å². The smallest absolute Gasteiger partial charge is 0.127 e. The highest BCUT2D eigenvalue weighted by atomic mass is 16.5. The maximum Gasteiger partial charge on any atom is 0.127 e. The molecular formula is C34H30O2.